The van der Waals surface area contributed by atoms with E-state index in [1.54, 1.807) is 18.3 Å². The summed E-state index contributed by atoms with van der Waals surface area (Å²) < 4.78 is 11.6. The predicted octanol–water partition coefficient (Wildman–Crippen LogP) is 3.62. The summed E-state index contributed by atoms with van der Waals surface area (Å²) in [4.78, 5) is 21.8. The summed E-state index contributed by atoms with van der Waals surface area (Å²) in [6.45, 7) is 9.47. The number of hydrogen-bond acceptors (Lipinski definition) is 5. The van der Waals surface area contributed by atoms with Gasteiger partial charge in [-0.05, 0) is 44.2 Å². The van der Waals surface area contributed by atoms with E-state index in [4.69, 9.17) is 9.47 Å². The molecule has 31 heavy (non-hydrogen) atoms. The minimum Gasteiger partial charge on any atom is -0.473 e. The Labute approximate surface area is 185 Å². The molecule has 2 aliphatic rings. The standard InChI is InChI=1S/C25H33N3O3/c1-19-15-27(16-20(2)31-19)17-21-9-12-28(13-10-21)25(29)23-8-11-26-24(14-23)30-18-22-6-4-3-5-7-22/h3-8,11,14,19-21H,9-10,12-13,15-18H2,1-2H3. The number of likely N-dealkylation sites (tertiary alicyclic amines) is 1. The smallest absolute Gasteiger partial charge is 0.254 e. The Morgan fingerprint density at radius 2 is 1.81 bits per heavy atom. The Morgan fingerprint density at radius 1 is 1.10 bits per heavy atom. The lowest BCUT2D eigenvalue weighted by Crippen LogP contribution is -2.48. The van der Waals surface area contributed by atoms with Crippen LogP contribution in [-0.4, -0.2) is 65.6 Å². The van der Waals surface area contributed by atoms with E-state index < -0.39 is 0 Å². The molecule has 2 aliphatic heterocycles. The molecule has 6 nitrogen and oxygen atoms in total. The molecule has 1 aromatic heterocycles. The van der Waals surface area contributed by atoms with Crippen molar-refractivity contribution in [3.8, 4) is 5.88 Å². The lowest BCUT2D eigenvalue weighted by Gasteiger charge is -2.39. The van der Waals surface area contributed by atoms with E-state index in [-0.39, 0.29) is 5.91 Å². The maximum Gasteiger partial charge on any atom is 0.254 e. The first kappa shape index (κ1) is 21.8. The molecule has 2 fully saturated rings. The molecule has 2 aromatic rings. The van der Waals surface area contributed by atoms with Crippen molar-refractivity contribution in [2.45, 2.75) is 45.5 Å². The predicted molar refractivity (Wildman–Crippen MR) is 120 cm³/mol. The number of morpholine rings is 1. The fraction of sp³-hybridized carbons (Fsp3) is 0.520. The molecule has 0 bridgehead atoms. The van der Waals surface area contributed by atoms with E-state index in [9.17, 15) is 4.79 Å². The maximum absolute atomic E-state index is 13.0. The Morgan fingerprint density at radius 3 is 2.52 bits per heavy atom. The number of pyridine rings is 1. The van der Waals surface area contributed by atoms with Crippen molar-refractivity contribution in [1.82, 2.24) is 14.8 Å². The van der Waals surface area contributed by atoms with Gasteiger partial charge in [0.05, 0.1) is 12.2 Å². The minimum absolute atomic E-state index is 0.0685. The van der Waals surface area contributed by atoms with Crippen molar-refractivity contribution in [1.29, 1.82) is 0 Å². The number of piperidine rings is 1. The highest BCUT2D eigenvalue weighted by Gasteiger charge is 2.28. The fourth-order valence-electron chi connectivity index (χ4n) is 4.65. The highest BCUT2D eigenvalue weighted by atomic mass is 16.5. The molecule has 3 heterocycles. The van der Waals surface area contributed by atoms with Gasteiger partial charge in [-0.2, -0.15) is 0 Å². The first-order valence-electron chi connectivity index (χ1n) is 11.4. The van der Waals surface area contributed by atoms with Gasteiger partial charge in [-0.1, -0.05) is 30.3 Å². The lowest BCUT2D eigenvalue weighted by molar-refractivity contribution is -0.0728. The second-order valence-electron chi connectivity index (χ2n) is 8.87. The largest absolute Gasteiger partial charge is 0.473 e. The molecule has 0 spiro atoms. The van der Waals surface area contributed by atoms with E-state index in [0.717, 1.165) is 51.1 Å². The molecule has 1 amide bonds. The van der Waals surface area contributed by atoms with Crippen molar-refractivity contribution in [2.24, 2.45) is 5.92 Å². The van der Waals surface area contributed by atoms with Crippen LogP contribution in [0.25, 0.3) is 0 Å². The third-order valence-corrected chi connectivity index (χ3v) is 6.12. The third kappa shape index (κ3) is 6.05. The number of amides is 1. The van der Waals surface area contributed by atoms with Gasteiger partial charge in [-0.3, -0.25) is 9.69 Å². The second-order valence-corrected chi connectivity index (χ2v) is 8.87. The van der Waals surface area contributed by atoms with E-state index in [0.29, 0.717) is 36.2 Å². The zero-order chi connectivity index (χ0) is 21.6. The van der Waals surface area contributed by atoms with Crippen molar-refractivity contribution >= 4 is 5.91 Å². The monoisotopic (exact) mass is 423 g/mol. The number of rotatable bonds is 6. The van der Waals surface area contributed by atoms with Crippen LogP contribution in [0.2, 0.25) is 0 Å². The molecular formula is C25H33N3O3. The van der Waals surface area contributed by atoms with Crippen molar-refractivity contribution < 1.29 is 14.3 Å². The summed E-state index contributed by atoms with van der Waals surface area (Å²) in [6.07, 6.45) is 4.36. The molecule has 0 aliphatic carbocycles. The van der Waals surface area contributed by atoms with Gasteiger partial charge in [-0.25, -0.2) is 4.98 Å². The molecule has 2 atom stereocenters. The fourth-order valence-corrected chi connectivity index (χ4v) is 4.65. The molecule has 166 valence electrons. The van der Waals surface area contributed by atoms with Crippen molar-refractivity contribution in [3.05, 3.63) is 59.8 Å². The van der Waals surface area contributed by atoms with Crippen LogP contribution in [0.4, 0.5) is 0 Å². The topological polar surface area (TPSA) is 54.9 Å². The van der Waals surface area contributed by atoms with Gasteiger partial charge in [0, 0.05) is 50.6 Å². The van der Waals surface area contributed by atoms with Crippen LogP contribution in [0.3, 0.4) is 0 Å². The summed E-state index contributed by atoms with van der Waals surface area (Å²) >= 11 is 0. The van der Waals surface area contributed by atoms with Gasteiger partial charge >= 0.3 is 0 Å². The number of ether oxygens (including phenoxy) is 2. The van der Waals surface area contributed by atoms with E-state index in [2.05, 4.69) is 23.7 Å². The van der Waals surface area contributed by atoms with Crippen LogP contribution >= 0.6 is 0 Å². The summed E-state index contributed by atoms with van der Waals surface area (Å²) in [7, 11) is 0. The highest BCUT2D eigenvalue weighted by molar-refractivity contribution is 5.94. The molecule has 2 saturated heterocycles. The molecule has 0 saturated carbocycles. The van der Waals surface area contributed by atoms with Crippen molar-refractivity contribution in [2.75, 3.05) is 32.7 Å². The van der Waals surface area contributed by atoms with Gasteiger partial charge in [0.2, 0.25) is 5.88 Å². The minimum atomic E-state index is 0.0685. The average molecular weight is 424 g/mol. The molecular weight excluding hydrogens is 390 g/mol. The molecule has 2 unspecified atom stereocenters. The number of carbonyl (C=O) groups is 1. The Bertz CT molecular complexity index is 842. The number of hydrogen-bond donors (Lipinski definition) is 0. The van der Waals surface area contributed by atoms with Crippen LogP contribution in [0.15, 0.2) is 48.7 Å². The quantitative estimate of drug-likeness (QED) is 0.710. The number of benzene rings is 1. The lowest BCUT2D eigenvalue weighted by atomic mass is 9.95. The molecule has 6 heteroatoms. The number of aromatic nitrogens is 1. The first-order valence-corrected chi connectivity index (χ1v) is 11.4. The van der Waals surface area contributed by atoms with Crippen LogP contribution in [0, 0.1) is 5.92 Å². The third-order valence-electron chi connectivity index (χ3n) is 6.12. The van der Waals surface area contributed by atoms with Gasteiger partial charge in [-0.15, -0.1) is 0 Å². The SMILES string of the molecule is CC1CN(CC2CCN(C(=O)c3ccnc(OCc4ccccc4)c3)CC2)CC(C)O1. The molecule has 0 N–H and O–H groups in total. The van der Waals surface area contributed by atoms with Gasteiger partial charge < -0.3 is 14.4 Å². The Kier molecular flexibility index (Phi) is 7.20. The summed E-state index contributed by atoms with van der Waals surface area (Å²) in [5.41, 5.74) is 1.72. The number of nitrogens with zero attached hydrogens (tertiary/aromatic N) is 3. The molecule has 1 aromatic carbocycles. The zero-order valence-electron chi connectivity index (χ0n) is 18.6. The van der Waals surface area contributed by atoms with Crippen LogP contribution in [0.1, 0.15) is 42.6 Å². The first-order chi connectivity index (χ1) is 15.1. The summed E-state index contributed by atoms with van der Waals surface area (Å²) in [6, 6.07) is 13.5. The van der Waals surface area contributed by atoms with Crippen LogP contribution < -0.4 is 4.74 Å². The Balaban J connectivity index is 1.27. The average Bonchev–Trinajstić information content (AvgIpc) is 2.78. The molecule has 0 radical (unpaired) electrons. The van der Waals surface area contributed by atoms with Gasteiger partial charge in [0.1, 0.15) is 6.61 Å². The second kappa shape index (κ2) is 10.2. The summed E-state index contributed by atoms with van der Waals surface area (Å²) in [5, 5.41) is 0. The number of carbonyl (C=O) groups excluding carboxylic acids is 1. The van der Waals surface area contributed by atoms with Gasteiger partial charge in [0.25, 0.3) is 5.91 Å². The van der Waals surface area contributed by atoms with Gasteiger partial charge in [0.15, 0.2) is 0 Å². The van der Waals surface area contributed by atoms with E-state index in [1.807, 2.05) is 35.2 Å². The van der Waals surface area contributed by atoms with Crippen LogP contribution in [-0.2, 0) is 11.3 Å². The normalized spacial score (nSPS) is 23.0. The van der Waals surface area contributed by atoms with E-state index in [1.165, 1.54) is 0 Å². The zero-order valence-corrected chi connectivity index (χ0v) is 18.6. The molecule has 4 rings (SSSR count). The Hall–Kier alpha value is -2.44. The maximum atomic E-state index is 13.0. The van der Waals surface area contributed by atoms with Crippen LogP contribution in [0.5, 0.6) is 5.88 Å². The highest BCUT2D eigenvalue weighted by Crippen LogP contribution is 2.23. The summed E-state index contributed by atoms with van der Waals surface area (Å²) in [5.74, 6) is 1.20. The van der Waals surface area contributed by atoms with Crippen molar-refractivity contribution in [3.63, 3.8) is 0 Å². The van der Waals surface area contributed by atoms with E-state index >= 15 is 0 Å².